The second kappa shape index (κ2) is 9.09. The van der Waals surface area contributed by atoms with Gasteiger partial charge >= 0.3 is 18.0 Å². The van der Waals surface area contributed by atoms with E-state index in [9.17, 15) is 24.6 Å². The van der Waals surface area contributed by atoms with Gasteiger partial charge in [0.05, 0.1) is 12.9 Å². The molecular formula is C19H24N6O9. The zero-order valence-corrected chi connectivity index (χ0v) is 18.2. The molecule has 2 aromatic heterocycles. The lowest BCUT2D eigenvalue weighted by molar-refractivity contribution is -0.199. The molecule has 2 aliphatic rings. The van der Waals surface area contributed by atoms with E-state index in [4.69, 9.17) is 19.3 Å². The van der Waals surface area contributed by atoms with Crippen LogP contribution in [0.15, 0.2) is 12.7 Å². The van der Waals surface area contributed by atoms with Crippen LogP contribution in [0.25, 0.3) is 11.2 Å². The zero-order valence-electron chi connectivity index (χ0n) is 18.2. The standard InChI is InChI=1S/C19H24N6O9/c1-19(2)33-12-9(5-26)32-16(13(12)34-19)25-7-22-11-14(20-6-21-15(11)25)24-18(31)23-8(17(29)30)3-4-10(27)28/h6-9,12-13,16,26H,3-5H2,1-2H3,(H,27,28)(H,29,30)(H2,20,21,23,24,31)/t8?,9-,12-,13-,16-/m1/s1. The van der Waals surface area contributed by atoms with Crippen LogP contribution in [0.1, 0.15) is 32.9 Å². The van der Waals surface area contributed by atoms with Gasteiger partial charge in [-0.25, -0.2) is 24.5 Å². The second-order valence-corrected chi connectivity index (χ2v) is 8.28. The lowest BCUT2D eigenvalue weighted by atomic mass is 10.1. The molecule has 0 saturated carbocycles. The van der Waals surface area contributed by atoms with Crippen LogP contribution in [-0.2, 0) is 23.8 Å². The molecule has 0 aromatic carbocycles. The molecule has 2 aromatic rings. The first kappa shape index (κ1) is 23.7. The number of aliphatic hydroxyl groups is 1. The van der Waals surface area contributed by atoms with Gasteiger partial charge in [-0.1, -0.05) is 0 Å². The highest BCUT2D eigenvalue weighted by Crippen LogP contribution is 2.43. The van der Waals surface area contributed by atoms with Crippen LogP contribution in [0.5, 0.6) is 0 Å². The Hall–Kier alpha value is -3.40. The fourth-order valence-electron chi connectivity index (χ4n) is 3.99. The van der Waals surface area contributed by atoms with Gasteiger partial charge in [-0.3, -0.25) is 14.7 Å². The van der Waals surface area contributed by atoms with Crippen molar-refractivity contribution in [2.45, 2.75) is 63.1 Å². The number of carbonyl (C=O) groups excluding carboxylic acids is 1. The molecule has 2 fully saturated rings. The maximum Gasteiger partial charge on any atom is 0.326 e. The number of aromatic nitrogens is 4. The summed E-state index contributed by atoms with van der Waals surface area (Å²) in [4.78, 5) is 46.9. The SMILES string of the molecule is CC1(C)O[C@@H]2[C@H](O1)[C@@H](CO)O[C@H]2n1cnc2c(NC(=O)NC(CCC(=O)O)C(=O)O)ncnc21. The molecule has 2 aliphatic heterocycles. The molecule has 184 valence electrons. The number of ether oxygens (including phenoxy) is 3. The normalized spacial score (nSPS) is 26.2. The lowest BCUT2D eigenvalue weighted by Gasteiger charge is -2.24. The first-order chi connectivity index (χ1) is 16.1. The number of carboxylic acid groups (broad SMARTS) is 2. The van der Waals surface area contributed by atoms with Gasteiger partial charge in [0.25, 0.3) is 0 Å². The topological polar surface area (TPSA) is 207 Å². The average molecular weight is 480 g/mol. The van der Waals surface area contributed by atoms with Gasteiger partial charge in [0.1, 0.15) is 30.7 Å². The van der Waals surface area contributed by atoms with Crippen LogP contribution in [-0.4, -0.2) is 89.6 Å². The van der Waals surface area contributed by atoms with E-state index in [0.717, 1.165) is 0 Å². The van der Waals surface area contributed by atoms with Gasteiger partial charge in [-0.05, 0) is 20.3 Å². The third-order valence-electron chi connectivity index (χ3n) is 5.42. The van der Waals surface area contributed by atoms with Gasteiger partial charge in [-0.15, -0.1) is 0 Å². The summed E-state index contributed by atoms with van der Waals surface area (Å²) in [5.74, 6) is -3.43. The van der Waals surface area contributed by atoms with Crippen LogP contribution >= 0.6 is 0 Å². The molecule has 4 rings (SSSR count). The number of nitrogens with zero attached hydrogens (tertiary/aromatic N) is 4. The minimum atomic E-state index is -1.41. The molecule has 0 spiro atoms. The maximum absolute atomic E-state index is 12.4. The molecule has 1 unspecified atom stereocenters. The second-order valence-electron chi connectivity index (χ2n) is 8.28. The van der Waals surface area contributed by atoms with Gasteiger partial charge in [0.15, 0.2) is 29.0 Å². The number of carbonyl (C=O) groups is 3. The molecule has 0 aliphatic carbocycles. The Morgan fingerprint density at radius 2 is 1.91 bits per heavy atom. The molecule has 15 heteroatoms. The van der Waals surface area contributed by atoms with Crippen molar-refractivity contribution in [3.63, 3.8) is 0 Å². The van der Waals surface area contributed by atoms with Crippen LogP contribution in [0.3, 0.4) is 0 Å². The molecule has 5 N–H and O–H groups in total. The van der Waals surface area contributed by atoms with Crippen molar-refractivity contribution in [3.05, 3.63) is 12.7 Å². The third-order valence-corrected chi connectivity index (χ3v) is 5.42. The number of aliphatic hydroxyl groups excluding tert-OH is 1. The zero-order chi connectivity index (χ0) is 24.6. The van der Waals surface area contributed by atoms with Crippen molar-refractivity contribution in [1.82, 2.24) is 24.8 Å². The quantitative estimate of drug-likeness (QED) is 0.329. The Labute approximate surface area is 192 Å². The van der Waals surface area contributed by atoms with Crippen molar-refractivity contribution in [3.8, 4) is 0 Å². The number of rotatable bonds is 8. The number of nitrogens with one attached hydrogen (secondary N) is 2. The molecule has 5 atom stereocenters. The van der Waals surface area contributed by atoms with Gasteiger partial charge in [-0.2, -0.15) is 0 Å². The minimum Gasteiger partial charge on any atom is -0.481 e. The summed E-state index contributed by atoms with van der Waals surface area (Å²) in [5, 5.41) is 32.3. The van der Waals surface area contributed by atoms with E-state index in [1.165, 1.54) is 12.7 Å². The molecular weight excluding hydrogens is 456 g/mol. The van der Waals surface area contributed by atoms with E-state index in [2.05, 4.69) is 25.6 Å². The van der Waals surface area contributed by atoms with Gasteiger partial charge < -0.3 is 34.8 Å². The summed E-state index contributed by atoms with van der Waals surface area (Å²) < 4.78 is 19.3. The van der Waals surface area contributed by atoms with Crippen molar-refractivity contribution in [2.75, 3.05) is 11.9 Å². The van der Waals surface area contributed by atoms with Crippen LogP contribution < -0.4 is 10.6 Å². The first-order valence-electron chi connectivity index (χ1n) is 10.4. The molecule has 4 heterocycles. The van der Waals surface area contributed by atoms with Gasteiger partial charge in [0.2, 0.25) is 0 Å². The Morgan fingerprint density at radius 3 is 2.59 bits per heavy atom. The summed E-state index contributed by atoms with van der Waals surface area (Å²) in [6, 6.07) is -2.31. The highest BCUT2D eigenvalue weighted by molar-refractivity contribution is 5.97. The van der Waals surface area contributed by atoms with Crippen LogP contribution in [0, 0.1) is 0 Å². The number of aliphatic carboxylic acids is 2. The summed E-state index contributed by atoms with van der Waals surface area (Å²) >= 11 is 0. The smallest absolute Gasteiger partial charge is 0.326 e. The minimum absolute atomic E-state index is 0.000739. The predicted octanol–water partition coefficient (Wildman–Crippen LogP) is -0.324. The van der Waals surface area contributed by atoms with Crippen molar-refractivity contribution in [2.24, 2.45) is 0 Å². The lowest BCUT2D eigenvalue weighted by Crippen LogP contribution is -2.43. The summed E-state index contributed by atoms with van der Waals surface area (Å²) in [6.07, 6.45) is -0.530. The van der Waals surface area contributed by atoms with Crippen LogP contribution in [0.4, 0.5) is 10.6 Å². The van der Waals surface area contributed by atoms with E-state index < -0.39 is 60.8 Å². The van der Waals surface area contributed by atoms with E-state index in [0.29, 0.717) is 5.65 Å². The fraction of sp³-hybridized carbons (Fsp3) is 0.579. The van der Waals surface area contributed by atoms with Gasteiger partial charge in [0, 0.05) is 6.42 Å². The third kappa shape index (κ3) is 4.63. The molecule has 0 radical (unpaired) electrons. The number of imidazole rings is 1. The first-order valence-corrected chi connectivity index (χ1v) is 10.4. The average Bonchev–Trinajstić information content (AvgIpc) is 3.41. The number of hydrogen-bond acceptors (Lipinski definition) is 10. The molecule has 0 bridgehead atoms. The largest absolute Gasteiger partial charge is 0.481 e. The number of hydrogen-bond donors (Lipinski definition) is 5. The van der Waals surface area contributed by atoms with Crippen molar-refractivity contribution >= 4 is 35.0 Å². The van der Waals surface area contributed by atoms with Crippen molar-refractivity contribution < 1.29 is 43.9 Å². The predicted molar refractivity (Wildman–Crippen MR) is 111 cm³/mol. The monoisotopic (exact) mass is 480 g/mol. The number of amides is 2. The maximum atomic E-state index is 12.4. The number of fused-ring (bicyclic) bond motifs is 2. The number of anilines is 1. The Kier molecular flexibility index (Phi) is 6.35. The Bertz CT molecular complexity index is 1110. The molecule has 15 nitrogen and oxygen atoms in total. The van der Waals surface area contributed by atoms with E-state index in [1.54, 1.807) is 18.4 Å². The number of urea groups is 1. The Morgan fingerprint density at radius 1 is 1.18 bits per heavy atom. The summed E-state index contributed by atoms with van der Waals surface area (Å²) in [6.45, 7) is 3.23. The molecule has 2 saturated heterocycles. The number of carboxylic acids is 2. The van der Waals surface area contributed by atoms with E-state index >= 15 is 0 Å². The highest BCUT2D eigenvalue weighted by atomic mass is 16.8. The van der Waals surface area contributed by atoms with E-state index in [1.807, 2.05) is 0 Å². The summed E-state index contributed by atoms with van der Waals surface area (Å²) in [7, 11) is 0. The highest BCUT2D eigenvalue weighted by Gasteiger charge is 2.56. The molecule has 2 amide bonds. The van der Waals surface area contributed by atoms with E-state index in [-0.39, 0.29) is 24.4 Å². The van der Waals surface area contributed by atoms with Crippen LogP contribution in [0.2, 0.25) is 0 Å². The summed E-state index contributed by atoms with van der Waals surface area (Å²) in [5.41, 5.74) is 0.488. The van der Waals surface area contributed by atoms with Crippen molar-refractivity contribution in [1.29, 1.82) is 0 Å². The molecule has 34 heavy (non-hydrogen) atoms. The fourth-order valence-corrected chi connectivity index (χ4v) is 3.99. The Balaban J connectivity index is 1.54.